The lowest BCUT2D eigenvalue weighted by Gasteiger charge is -2.26. The number of carbonyl (C=O) groups excluding carboxylic acids is 1. The predicted molar refractivity (Wildman–Crippen MR) is 110 cm³/mol. The van der Waals surface area contributed by atoms with Gasteiger partial charge >= 0.3 is 0 Å². The summed E-state index contributed by atoms with van der Waals surface area (Å²) in [5.74, 6) is -0.381. The summed E-state index contributed by atoms with van der Waals surface area (Å²) in [5.41, 5.74) is 0.936. The van der Waals surface area contributed by atoms with E-state index in [-0.39, 0.29) is 10.8 Å². The fourth-order valence-electron chi connectivity index (χ4n) is 3.17. The lowest BCUT2D eigenvalue weighted by molar-refractivity contribution is 0.102. The maximum absolute atomic E-state index is 13.0. The van der Waals surface area contributed by atoms with Crippen LogP contribution in [-0.4, -0.2) is 41.9 Å². The molecule has 1 saturated heterocycles. The molecule has 1 amide bonds. The number of sulfonamides is 1. The quantitative estimate of drug-likeness (QED) is 0.736. The number of unbranched alkanes of at least 4 members (excludes halogenated alkanes) is 1. The van der Waals surface area contributed by atoms with Gasteiger partial charge in [-0.2, -0.15) is 4.31 Å². The van der Waals surface area contributed by atoms with Gasteiger partial charge in [0.05, 0.1) is 4.90 Å². The number of amides is 1. The zero-order chi connectivity index (χ0) is 20.1. The summed E-state index contributed by atoms with van der Waals surface area (Å²) < 4.78 is 27.6. The largest absolute Gasteiger partial charge is 0.296 e. The summed E-state index contributed by atoms with van der Waals surface area (Å²) in [4.78, 5) is 12.8. The monoisotopic (exact) mass is 422 g/mol. The van der Waals surface area contributed by atoms with Crippen LogP contribution in [0.3, 0.4) is 0 Å². The third-order valence-corrected chi connectivity index (χ3v) is 7.75. The standard InChI is InChI=1S/C19H26N4O3S2/c1-3-4-8-17-21-22-19(27-17)20-18(24)15-10-9-14(2)16(13-15)28(25,26)23-11-6-5-7-12-23/h9-10,13H,3-8,11-12H2,1-2H3,(H,20,22,24). The highest BCUT2D eigenvalue weighted by Gasteiger charge is 2.28. The number of hydrogen-bond donors (Lipinski definition) is 1. The van der Waals surface area contributed by atoms with Crippen LogP contribution < -0.4 is 5.32 Å². The van der Waals surface area contributed by atoms with Gasteiger partial charge in [0.1, 0.15) is 5.01 Å². The first-order valence-corrected chi connectivity index (χ1v) is 11.9. The first kappa shape index (κ1) is 20.9. The topological polar surface area (TPSA) is 92.3 Å². The van der Waals surface area contributed by atoms with Crippen LogP contribution in [0.2, 0.25) is 0 Å². The second-order valence-corrected chi connectivity index (χ2v) is 9.97. The molecule has 0 aliphatic carbocycles. The maximum Gasteiger partial charge on any atom is 0.257 e. The number of aryl methyl sites for hydroxylation is 2. The summed E-state index contributed by atoms with van der Waals surface area (Å²) in [7, 11) is -3.60. The predicted octanol–water partition coefficient (Wildman–Crippen LogP) is 3.62. The third-order valence-electron chi connectivity index (χ3n) is 4.81. The normalized spacial score (nSPS) is 15.5. The molecule has 0 radical (unpaired) electrons. The lowest BCUT2D eigenvalue weighted by atomic mass is 10.1. The van der Waals surface area contributed by atoms with Crippen molar-refractivity contribution >= 4 is 32.4 Å². The van der Waals surface area contributed by atoms with E-state index in [1.165, 1.54) is 21.7 Å². The Morgan fingerprint density at radius 3 is 2.68 bits per heavy atom. The first-order valence-electron chi connectivity index (χ1n) is 9.66. The van der Waals surface area contributed by atoms with Crippen molar-refractivity contribution in [3.8, 4) is 0 Å². The Hall–Kier alpha value is -1.84. The van der Waals surface area contributed by atoms with Crippen molar-refractivity contribution in [2.45, 2.75) is 57.3 Å². The molecule has 2 aromatic rings. The van der Waals surface area contributed by atoms with Gasteiger partial charge in [0.25, 0.3) is 5.91 Å². The van der Waals surface area contributed by atoms with Crippen LogP contribution in [0.15, 0.2) is 23.1 Å². The zero-order valence-corrected chi connectivity index (χ0v) is 17.9. The van der Waals surface area contributed by atoms with Crippen molar-refractivity contribution in [2.24, 2.45) is 0 Å². The van der Waals surface area contributed by atoms with Crippen molar-refractivity contribution in [1.82, 2.24) is 14.5 Å². The minimum atomic E-state index is -3.60. The fourth-order valence-corrected chi connectivity index (χ4v) is 5.71. The zero-order valence-electron chi connectivity index (χ0n) is 16.3. The number of nitrogens with one attached hydrogen (secondary N) is 1. The molecular weight excluding hydrogens is 396 g/mol. The van der Waals surface area contributed by atoms with Gasteiger partial charge in [-0.05, 0) is 43.9 Å². The first-order chi connectivity index (χ1) is 13.4. The number of rotatable bonds is 7. The molecule has 1 aliphatic rings. The molecule has 0 bridgehead atoms. The third kappa shape index (κ3) is 4.76. The van der Waals surface area contributed by atoms with Gasteiger partial charge in [0, 0.05) is 25.1 Å². The van der Waals surface area contributed by atoms with Crippen LogP contribution >= 0.6 is 11.3 Å². The van der Waals surface area contributed by atoms with Crippen LogP contribution in [0.1, 0.15) is 60.0 Å². The number of hydrogen-bond acceptors (Lipinski definition) is 6. The van der Waals surface area contributed by atoms with Crippen molar-refractivity contribution in [3.63, 3.8) is 0 Å². The lowest BCUT2D eigenvalue weighted by Crippen LogP contribution is -2.36. The van der Waals surface area contributed by atoms with Gasteiger partial charge in [0.15, 0.2) is 0 Å². The molecule has 7 nitrogen and oxygen atoms in total. The summed E-state index contributed by atoms with van der Waals surface area (Å²) in [6, 6.07) is 4.78. The Morgan fingerprint density at radius 1 is 1.21 bits per heavy atom. The van der Waals surface area contributed by atoms with Crippen LogP contribution in [0.5, 0.6) is 0 Å². The number of anilines is 1. The molecule has 9 heteroatoms. The summed E-state index contributed by atoms with van der Waals surface area (Å²) in [6.45, 7) is 4.92. The van der Waals surface area contributed by atoms with E-state index in [9.17, 15) is 13.2 Å². The molecule has 1 aliphatic heterocycles. The average molecular weight is 423 g/mol. The molecule has 1 fully saturated rings. The van der Waals surface area contributed by atoms with E-state index < -0.39 is 10.0 Å². The SMILES string of the molecule is CCCCc1nnc(NC(=O)c2ccc(C)c(S(=O)(=O)N3CCCCC3)c2)s1. The van der Waals surface area contributed by atoms with Crippen molar-refractivity contribution in [1.29, 1.82) is 0 Å². The van der Waals surface area contributed by atoms with E-state index in [4.69, 9.17) is 0 Å². The minimum absolute atomic E-state index is 0.197. The van der Waals surface area contributed by atoms with E-state index in [1.54, 1.807) is 19.1 Å². The number of aromatic nitrogens is 2. The smallest absolute Gasteiger partial charge is 0.257 e. The molecule has 0 unspecified atom stereocenters. The Labute approximate surface area is 170 Å². The minimum Gasteiger partial charge on any atom is -0.296 e. The second-order valence-electron chi connectivity index (χ2n) is 7.00. The van der Waals surface area contributed by atoms with E-state index in [0.29, 0.717) is 29.3 Å². The van der Waals surface area contributed by atoms with Crippen LogP contribution in [0, 0.1) is 6.92 Å². The highest BCUT2D eigenvalue weighted by atomic mass is 32.2. The number of nitrogens with zero attached hydrogens (tertiary/aromatic N) is 3. The van der Waals surface area contributed by atoms with Crippen LogP contribution in [0.4, 0.5) is 5.13 Å². The molecular formula is C19H26N4O3S2. The Balaban J connectivity index is 1.78. The van der Waals surface area contributed by atoms with Crippen LogP contribution in [-0.2, 0) is 16.4 Å². The van der Waals surface area contributed by atoms with Crippen molar-refractivity contribution in [2.75, 3.05) is 18.4 Å². The highest BCUT2D eigenvalue weighted by molar-refractivity contribution is 7.89. The Morgan fingerprint density at radius 2 is 1.96 bits per heavy atom. The highest BCUT2D eigenvalue weighted by Crippen LogP contribution is 2.25. The van der Waals surface area contributed by atoms with Crippen LogP contribution in [0.25, 0.3) is 0 Å². The molecule has 2 heterocycles. The molecule has 1 aromatic heterocycles. The summed E-state index contributed by atoms with van der Waals surface area (Å²) in [5, 5.41) is 12.1. The van der Waals surface area contributed by atoms with Crippen molar-refractivity contribution < 1.29 is 13.2 Å². The van der Waals surface area contributed by atoms with Gasteiger partial charge < -0.3 is 0 Å². The summed E-state index contributed by atoms with van der Waals surface area (Å²) in [6.07, 6.45) is 5.73. The van der Waals surface area contributed by atoms with E-state index in [1.807, 2.05) is 0 Å². The maximum atomic E-state index is 13.0. The molecule has 0 spiro atoms. The van der Waals surface area contributed by atoms with Gasteiger partial charge in [0.2, 0.25) is 15.2 Å². The number of benzene rings is 1. The van der Waals surface area contributed by atoms with E-state index in [2.05, 4.69) is 22.4 Å². The summed E-state index contributed by atoms with van der Waals surface area (Å²) >= 11 is 1.35. The average Bonchev–Trinajstić information content (AvgIpc) is 3.14. The van der Waals surface area contributed by atoms with Gasteiger partial charge in [-0.1, -0.05) is 37.2 Å². The Bertz CT molecular complexity index is 934. The molecule has 3 rings (SSSR count). The van der Waals surface area contributed by atoms with Gasteiger partial charge in [-0.3, -0.25) is 10.1 Å². The molecule has 1 N–H and O–H groups in total. The molecule has 0 saturated carbocycles. The molecule has 28 heavy (non-hydrogen) atoms. The van der Waals surface area contributed by atoms with E-state index >= 15 is 0 Å². The second kappa shape index (κ2) is 9.11. The van der Waals surface area contributed by atoms with Gasteiger partial charge in [-0.25, -0.2) is 8.42 Å². The molecule has 0 atom stereocenters. The molecule has 152 valence electrons. The van der Waals surface area contributed by atoms with E-state index in [0.717, 1.165) is 43.5 Å². The Kier molecular flexibility index (Phi) is 6.79. The van der Waals surface area contributed by atoms with Crippen molar-refractivity contribution in [3.05, 3.63) is 34.3 Å². The fraction of sp³-hybridized carbons (Fsp3) is 0.526. The number of piperidine rings is 1. The van der Waals surface area contributed by atoms with Gasteiger partial charge in [-0.15, -0.1) is 10.2 Å². The molecule has 1 aromatic carbocycles. The number of carbonyl (C=O) groups is 1.